The number of rotatable bonds is 4. The van der Waals surface area contributed by atoms with Crippen molar-refractivity contribution in [2.75, 3.05) is 54.9 Å². The molecule has 0 radical (unpaired) electrons. The molecule has 1 aliphatic carbocycles. The Labute approximate surface area is 179 Å². The molecule has 2 unspecified atom stereocenters. The molecule has 3 aliphatic heterocycles. The second kappa shape index (κ2) is 6.48. The fourth-order valence-corrected chi connectivity index (χ4v) is 8.21. The highest BCUT2D eigenvalue weighted by molar-refractivity contribution is 7.92. The van der Waals surface area contributed by atoms with E-state index in [1.165, 1.54) is 12.1 Å². The van der Waals surface area contributed by atoms with E-state index in [9.17, 15) is 17.2 Å². The molecule has 0 bridgehead atoms. The number of aromatic nitrogens is 2. The van der Waals surface area contributed by atoms with Crippen molar-refractivity contribution in [1.29, 1.82) is 0 Å². The third-order valence-electron chi connectivity index (χ3n) is 7.44. The molecular weight excluding hydrogens is 424 g/mol. The van der Waals surface area contributed by atoms with E-state index >= 15 is 0 Å². The maximum absolute atomic E-state index is 13.6. The molecule has 1 spiro atoms. The minimum atomic E-state index is -2.95. The number of hydrogen-bond donors (Lipinski definition) is 1. The maximum atomic E-state index is 13.6. The van der Waals surface area contributed by atoms with E-state index in [0.717, 1.165) is 19.5 Å². The molecule has 4 heterocycles. The molecule has 3 saturated heterocycles. The Hall–Kier alpha value is -2.07. The molecule has 1 saturated carbocycles. The van der Waals surface area contributed by atoms with Crippen LogP contribution >= 0.6 is 0 Å². The van der Waals surface area contributed by atoms with Crippen molar-refractivity contribution in [3.8, 4) is 0 Å². The monoisotopic (exact) mass is 449 g/mol. The predicted molar refractivity (Wildman–Crippen MR) is 114 cm³/mol. The summed E-state index contributed by atoms with van der Waals surface area (Å²) in [4.78, 5) is 13.5. The number of piperidine rings is 1. The van der Waals surface area contributed by atoms with Gasteiger partial charge in [0.2, 0.25) is 5.95 Å². The van der Waals surface area contributed by atoms with Crippen molar-refractivity contribution in [2.45, 2.75) is 18.9 Å². The summed E-state index contributed by atoms with van der Waals surface area (Å²) in [5, 5.41) is 4.02. The Balaban J connectivity index is 1.32. The summed E-state index contributed by atoms with van der Waals surface area (Å²) in [6.07, 6.45) is -0.226. The Bertz CT molecular complexity index is 1150. The third kappa shape index (κ3) is 3.26. The summed E-state index contributed by atoms with van der Waals surface area (Å²) in [6, 6.07) is 3.33. The molecule has 166 valence electrons. The van der Waals surface area contributed by atoms with Gasteiger partial charge in [0.1, 0.15) is 0 Å². The summed E-state index contributed by atoms with van der Waals surface area (Å²) in [5.74, 6) is 2.13. The summed E-state index contributed by atoms with van der Waals surface area (Å²) >= 11 is 0. The van der Waals surface area contributed by atoms with Crippen LogP contribution in [0.2, 0.25) is 0 Å². The largest absolute Gasteiger partial charge is 0.369 e. The van der Waals surface area contributed by atoms with Gasteiger partial charge in [-0.3, -0.25) is 0 Å². The normalized spacial score (nSPS) is 30.7. The van der Waals surface area contributed by atoms with Gasteiger partial charge in [-0.15, -0.1) is 0 Å². The zero-order valence-electron chi connectivity index (χ0n) is 17.3. The number of alkyl halides is 2. The molecule has 4 aliphatic rings. The summed E-state index contributed by atoms with van der Waals surface area (Å²) in [6.45, 7) is 3.33. The van der Waals surface area contributed by atoms with E-state index in [1.54, 1.807) is 6.20 Å². The van der Waals surface area contributed by atoms with Crippen LogP contribution in [0.5, 0.6) is 0 Å². The summed E-state index contributed by atoms with van der Waals surface area (Å²) < 4.78 is 50.6. The van der Waals surface area contributed by atoms with Crippen LogP contribution in [0.1, 0.15) is 18.4 Å². The van der Waals surface area contributed by atoms with Crippen molar-refractivity contribution in [3.63, 3.8) is 0 Å². The van der Waals surface area contributed by atoms with Gasteiger partial charge in [0.05, 0.1) is 22.7 Å². The van der Waals surface area contributed by atoms with Crippen molar-refractivity contribution >= 4 is 32.4 Å². The highest BCUT2D eigenvalue weighted by atomic mass is 32.2. The molecule has 7 nitrogen and oxygen atoms in total. The molecule has 6 rings (SSSR count). The smallest absolute Gasteiger partial charge is 0.263 e. The number of nitrogens with one attached hydrogen (secondary N) is 1. The molecular formula is C21H25F2N5O2S. The first kappa shape index (κ1) is 19.6. The van der Waals surface area contributed by atoms with Gasteiger partial charge in [0.15, 0.2) is 9.84 Å². The number of anilines is 2. The fourth-order valence-electron chi connectivity index (χ4n) is 5.95. The average molecular weight is 450 g/mol. The molecule has 1 aromatic heterocycles. The van der Waals surface area contributed by atoms with E-state index < -0.39 is 16.3 Å². The molecule has 3 atom stereocenters. The minimum absolute atomic E-state index is 0.0613. The quantitative estimate of drug-likeness (QED) is 0.766. The second-order valence-electron chi connectivity index (χ2n) is 9.90. The van der Waals surface area contributed by atoms with Gasteiger partial charge in [-0.1, -0.05) is 0 Å². The van der Waals surface area contributed by atoms with Crippen LogP contribution in [0, 0.1) is 17.3 Å². The maximum Gasteiger partial charge on any atom is 0.263 e. The molecule has 0 amide bonds. The van der Waals surface area contributed by atoms with Crippen LogP contribution in [0.3, 0.4) is 0 Å². The van der Waals surface area contributed by atoms with Crippen molar-refractivity contribution in [3.05, 3.63) is 23.9 Å². The van der Waals surface area contributed by atoms with E-state index in [4.69, 9.17) is 4.98 Å². The topological polar surface area (TPSA) is 78.4 Å². The molecule has 1 aromatic carbocycles. The highest BCUT2D eigenvalue weighted by Crippen LogP contribution is 2.47. The van der Waals surface area contributed by atoms with E-state index in [2.05, 4.69) is 22.2 Å². The third-order valence-corrected chi connectivity index (χ3v) is 9.55. The van der Waals surface area contributed by atoms with Crippen LogP contribution in [-0.4, -0.2) is 74.1 Å². The highest BCUT2D eigenvalue weighted by Gasteiger charge is 2.55. The van der Waals surface area contributed by atoms with Gasteiger partial charge >= 0.3 is 0 Å². The van der Waals surface area contributed by atoms with Crippen LogP contribution < -0.4 is 10.2 Å². The lowest BCUT2D eigenvalue weighted by Gasteiger charge is -2.37. The van der Waals surface area contributed by atoms with E-state index in [1.807, 2.05) is 4.90 Å². The molecule has 1 N–H and O–H groups in total. The zero-order chi connectivity index (χ0) is 21.5. The average Bonchev–Trinajstić information content (AvgIpc) is 3.04. The molecule has 31 heavy (non-hydrogen) atoms. The van der Waals surface area contributed by atoms with Gasteiger partial charge in [-0.25, -0.2) is 27.2 Å². The van der Waals surface area contributed by atoms with Gasteiger partial charge in [-0.2, -0.15) is 0 Å². The Morgan fingerprint density at radius 1 is 1.23 bits per heavy atom. The summed E-state index contributed by atoms with van der Waals surface area (Å²) in [5.41, 5.74) is 0.977. The number of halogens is 2. The van der Waals surface area contributed by atoms with Crippen molar-refractivity contribution in [2.24, 2.45) is 17.3 Å². The molecule has 2 aromatic rings. The lowest BCUT2D eigenvalue weighted by Crippen LogP contribution is -2.50. The zero-order valence-corrected chi connectivity index (χ0v) is 18.1. The van der Waals surface area contributed by atoms with Crippen LogP contribution in [0.4, 0.5) is 20.4 Å². The second-order valence-corrected chi connectivity index (χ2v) is 12.0. The Morgan fingerprint density at radius 3 is 2.65 bits per heavy atom. The molecule has 10 heteroatoms. The van der Waals surface area contributed by atoms with E-state index in [-0.39, 0.29) is 22.5 Å². The number of likely N-dealkylation sites (tertiary alicyclic amines) is 1. The molecule has 4 fully saturated rings. The first-order valence-corrected chi connectivity index (χ1v) is 12.5. The van der Waals surface area contributed by atoms with E-state index in [0.29, 0.717) is 53.5 Å². The SMILES string of the molecule is CN1CC2C(Nc3ncc4cc(C(F)F)cc(N5CCC6(C5)CS(=O)(=O)C6)c4n3)[C@H]2C1. The van der Waals surface area contributed by atoms with Gasteiger partial charge < -0.3 is 15.1 Å². The first-order valence-electron chi connectivity index (χ1n) is 10.7. The van der Waals surface area contributed by atoms with Gasteiger partial charge in [0, 0.05) is 54.8 Å². The van der Waals surface area contributed by atoms with Crippen molar-refractivity contribution in [1.82, 2.24) is 14.9 Å². The Kier molecular flexibility index (Phi) is 4.09. The lowest BCUT2D eigenvalue weighted by molar-refractivity contribution is 0.151. The van der Waals surface area contributed by atoms with Gasteiger partial charge in [0.25, 0.3) is 6.43 Å². The van der Waals surface area contributed by atoms with Gasteiger partial charge in [-0.05, 0) is 37.4 Å². The number of nitrogens with zero attached hydrogens (tertiary/aromatic N) is 4. The van der Waals surface area contributed by atoms with Crippen LogP contribution in [-0.2, 0) is 9.84 Å². The number of hydrogen-bond acceptors (Lipinski definition) is 7. The van der Waals surface area contributed by atoms with Crippen LogP contribution in [0.25, 0.3) is 10.9 Å². The Morgan fingerprint density at radius 2 is 1.97 bits per heavy atom. The number of sulfone groups is 1. The number of benzene rings is 1. The predicted octanol–water partition coefficient (Wildman–Crippen LogP) is 2.16. The fraction of sp³-hybridized carbons (Fsp3) is 0.619. The first-order chi connectivity index (χ1) is 14.7. The minimum Gasteiger partial charge on any atom is -0.369 e. The standard InChI is InChI=1S/C21H25F2N5O2S/c1-27-7-14-15(8-27)18(14)26-20-24-6-13-4-12(19(22)23)5-16(17(13)25-20)28-3-2-21(9-28)10-31(29,30)11-21/h4-6,14-15,18-19H,2-3,7-11H2,1H3,(H,24,25,26)/t14-,15?,18?/m0/s1. The van der Waals surface area contributed by atoms with Crippen LogP contribution in [0.15, 0.2) is 18.3 Å². The van der Waals surface area contributed by atoms with Crippen molar-refractivity contribution < 1.29 is 17.2 Å². The summed E-state index contributed by atoms with van der Waals surface area (Å²) in [7, 11) is -0.830. The lowest BCUT2D eigenvalue weighted by atomic mass is 9.91. The number of fused-ring (bicyclic) bond motifs is 2.